The highest BCUT2D eigenvalue weighted by Gasteiger charge is 2.10. The highest BCUT2D eigenvalue weighted by Crippen LogP contribution is 2.30. The third-order valence-electron chi connectivity index (χ3n) is 2.88. The molecule has 0 bridgehead atoms. The van der Waals surface area contributed by atoms with Crippen molar-refractivity contribution in [2.24, 2.45) is 7.05 Å². The molecule has 0 atom stereocenters. The van der Waals surface area contributed by atoms with Crippen molar-refractivity contribution in [2.45, 2.75) is 19.8 Å². The quantitative estimate of drug-likeness (QED) is 0.886. The highest BCUT2D eigenvalue weighted by atomic mass is 35.5. The first-order valence-electron chi connectivity index (χ1n) is 5.57. The number of nitrogen functional groups attached to an aromatic ring is 1. The summed E-state index contributed by atoms with van der Waals surface area (Å²) >= 11 is 6.14. The fourth-order valence-corrected chi connectivity index (χ4v) is 2.01. The molecule has 0 aliphatic rings. The maximum Gasteiger partial charge on any atom is 0.129 e. The Morgan fingerprint density at radius 3 is 2.53 bits per heavy atom. The molecule has 0 radical (unpaired) electrons. The second-order valence-electron chi connectivity index (χ2n) is 4.50. The van der Waals surface area contributed by atoms with Crippen LogP contribution in [0, 0.1) is 0 Å². The Balaban J connectivity index is 2.56. The molecule has 0 fully saturated rings. The normalized spacial score (nSPS) is 11.1. The molecule has 0 saturated carbocycles. The van der Waals surface area contributed by atoms with Crippen LogP contribution in [-0.4, -0.2) is 9.78 Å². The number of halogens is 1. The predicted molar refractivity (Wildman–Crippen MR) is 72.2 cm³/mol. The monoisotopic (exact) mass is 249 g/mol. The van der Waals surface area contributed by atoms with Gasteiger partial charge in [-0.3, -0.25) is 4.68 Å². The summed E-state index contributed by atoms with van der Waals surface area (Å²) in [7, 11) is 1.83. The number of hydrogen-bond acceptors (Lipinski definition) is 2. The van der Waals surface area contributed by atoms with Crippen molar-refractivity contribution in [1.29, 1.82) is 0 Å². The summed E-state index contributed by atoms with van der Waals surface area (Å²) in [5.41, 5.74) is 9.12. The van der Waals surface area contributed by atoms with Crippen LogP contribution in [0.5, 0.6) is 0 Å². The second-order valence-corrected chi connectivity index (χ2v) is 4.93. The van der Waals surface area contributed by atoms with E-state index < -0.39 is 0 Å². The van der Waals surface area contributed by atoms with Crippen molar-refractivity contribution in [3.05, 3.63) is 35.0 Å². The number of anilines is 1. The molecule has 1 aromatic heterocycles. The van der Waals surface area contributed by atoms with Crippen molar-refractivity contribution in [3.63, 3.8) is 0 Å². The minimum absolute atomic E-state index is 0.436. The summed E-state index contributed by atoms with van der Waals surface area (Å²) in [6.45, 7) is 4.28. The number of aromatic nitrogens is 2. The van der Waals surface area contributed by atoms with E-state index in [1.807, 2.05) is 19.2 Å². The smallest absolute Gasteiger partial charge is 0.129 e. The number of aryl methyl sites for hydroxylation is 1. The third kappa shape index (κ3) is 2.29. The first-order valence-corrected chi connectivity index (χ1v) is 5.95. The second kappa shape index (κ2) is 4.41. The van der Waals surface area contributed by atoms with Gasteiger partial charge in [0.1, 0.15) is 5.82 Å². The molecular formula is C13H16ClN3. The lowest BCUT2D eigenvalue weighted by atomic mass is 9.98. The molecule has 3 nitrogen and oxygen atoms in total. The van der Waals surface area contributed by atoms with E-state index in [2.05, 4.69) is 25.0 Å². The zero-order valence-electron chi connectivity index (χ0n) is 10.2. The molecule has 2 N–H and O–H groups in total. The summed E-state index contributed by atoms with van der Waals surface area (Å²) in [6.07, 6.45) is 1.77. The zero-order chi connectivity index (χ0) is 12.6. The fourth-order valence-electron chi connectivity index (χ4n) is 1.77. The van der Waals surface area contributed by atoms with E-state index in [1.54, 1.807) is 10.9 Å². The molecule has 0 amide bonds. The molecular weight excluding hydrogens is 234 g/mol. The lowest BCUT2D eigenvalue weighted by Crippen LogP contribution is -1.98. The number of hydrogen-bond donors (Lipinski definition) is 1. The Labute approximate surface area is 106 Å². The van der Waals surface area contributed by atoms with Crippen LogP contribution in [-0.2, 0) is 7.05 Å². The molecule has 2 rings (SSSR count). The standard InChI is InChI=1S/C13H16ClN3/c1-8(2)9-4-10(6-11(14)5-9)12-7-16-17(3)13(12)15/h4-8H,15H2,1-3H3. The topological polar surface area (TPSA) is 43.8 Å². The lowest BCUT2D eigenvalue weighted by Gasteiger charge is -2.09. The largest absolute Gasteiger partial charge is 0.383 e. The van der Waals surface area contributed by atoms with Crippen molar-refractivity contribution >= 4 is 17.4 Å². The average Bonchev–Trinajstić information content (AvgIpc) is 2.59. The molecule has 17 heavy (non-hydrogen) atoms. The number of nitrogens with zero attached hydrogens (tertiary/aromatic N) is 2. The van der Waals surface area contributed by atoms with E-state index >= 15 is 0 Å². The van der Waals surface area contributed by atoms with Gasteiger partial charge in [0.2, 0.25) is 0 Å². The predicted octanol–water partition coefficient (Wildman–Crippen LogP) is 3.45. The maximum absolute atomic E-state index is 6.14. The maximum atomic E-state index is 6.14. The Hall–Kier alpha value is -1.48. The fraction of sp³-hybridized carbons (Fsp3) is 0.308. The van der Waals surface area contributed by atoms with Gasteiger partial charge in [-0.15, -0.1) is 0 Å². The molecule has 1 heterocycles. The van der Waals surface area contributed by atoms with Crippen LogP contribution in [0.25, 0.3) is 11.1 Å². The first kappa shape index (κ1) is 12.0. The minimum atomic E-state index is 0.436. The molecule has 4 heteroatoms. The van der Waals surface area contributed by atoms with Crippen LogP contribution < -0.4 is 5.73 Å². The van der Waals surface area contributed by atoms with Gasteiger partial charge in [0.25, 0.3) is 0 Å². The Bertz CT molecular complexity index is 544. The third-order valence-corrected chi connectivity index (χ3v) is 3.10. The molecule has 2 aromatic rings. The van der Waals surface area contributed by atoms with Gasteiger partial charge < -0.3 is 5.73 Å². The van der Waals surface area contributed by atoms with E-state index in [4.69, 9.17) is 17.3 Å². The Morgan fingerprint density at radius 2 is 2.00 bits per heavy atom. The average molecular weight is 250 g/mol. The lowest BCUT2D eigenvalue weighted by molar-refractivity contribution is 0.779. The van der Waals surface area contributed by atoms with Crippen molar-refractivity contribution in [2.75, 3.05) is 5.73 Å². The SMILES string of the molecule is CC(C)c1cc(Cl)cc(-c2cnn(C)c2N)c1. The van der Waals surface area contributed by atoms with Gasteiger partial charge in [-0.25, -0.2) is 0 Å². The van der Waals surface area contributed by atoms with Crippen LogP contribution in [0.15, 0.2) is 24.4 Å². The summed E-state index contributed by atoms with van der Waals surface area (Å²) in [5.74, 6) is 1.09. The van der Waals surface area contributed by atoms with Crippen molar-refractivity contribution < 1.29 is 0 Å². The van der Waals surface area contributed by atoms with Crippen LogP contribution in [0.3, 0.4) is 0 Å². The van der Waals surface area contributed by atoms with Gasteiger partial charge in [-0.2, -0.15) is 5.10 Å². The van der Waals surface area contributed by atoms with E-state index in [0.29, 0.717) is 11.7 Å². The Morgan fingerprint density at radius 1 is 1.29 bits per heavy atom. The van der Waals surface area contributed by atoms with Gasteiger partial charge in [-0.1, -0.05) is 31.5 Å². The molecule has 0 unspecified atom stereocenters. The molecule has 0 aliphatic heterocycles. The minimum Gasteiger partial charge on any atom is -0.383 e. The summed E-state index contributed by atoms with van der Waals surface area (Å²) in [4.78, 5) is 0. The van der Waals surface area contributed by atoms with Gasteiger partial charge in [0, 0.05) is 17.6 Å². The van der Waals surface area contributed by atoms with E-state index in [1.165, 1.54) is 5.56 Å². The molecule has 1 aromatic carbocycles. The summed E-state index contributed by atoms with van der Waals surface area (Å²) in [5, 5.41) is 4.88. The number of rotatable bonds is 2. The van der Waals surface area contributed by atoms with E-state index in [0.717, 1.165) is 16.1 Å². The van der Waals surface area contributed by atoms with Gasteiger partial charge in [0.15, 0.2) is 0 Å². The van der Waals surface area contributed by atoms with Gasteiger partial charge in [-0.05, 0) is 29.2 Å². The van der Waals surface area contributed by atoms with Gasteiger partial charge in [0.05, 0.1) is 6.20 Å². The van der Waals surface area contributed by atoms with Crippen LogP contribution >= 0.6 is 11.6 Å². The molecule has 0 spiro atoms. The van der Waals surface area contributed by atoms with E-state index in [9.17, 15) is 0 Å². The summed E-state index contributed by atoms with van der Waals surface area (Å²) in [6, 6.07) is 6.02. The Kier molecular flexibility index (Phi) is 3.11. The molecule has 90 valence electrons. The molecule has 0 aliphatic carbocycles. The van der Waals surface area contributed by atoms with Crippen LogP contribution in [0.4, 0.5) is 5.82 Å². The number of benzene rings is 1. The first-order chi connectivity index (χ1) is 7.99. The highest BCUT2D eigenvalue weighted by molar-refractivity contribution is 6.31. The van der Waals surface area contributed by atoms with Gasteiger partial charge >= 0.3 is 0 Å². The number of nitrogens with two attached hydrogens (primary N) is 1. The molecule has 0 saturated heterocycles. The zero-order valence-corrected chi connectivity index (χ0v) is 11.0. The van der Waals surface area contributed by atoms with Crippen molar-refractivity contribution in [1.82, 2.24) is 9.78 Å². The van der Waals surface area contributed by atoms with Crippen LogP contribution in [0.2, 0.25) is 5.02 Å². The van der Waals surface area contributed by atoms with Crippen LogP contribution in [0.1, 0.15) is 25.3 Å². The summed E-state index contributed by atoms with van der Waals surface area (Å²) < 4.78 is 1.66. The van der Waals surface area contributed by atoms with Crippen molar-refractivity contribution in [3.8, 4) is 11.1 Å². The van der Waals surface area contributed by atoms with E-state index in [-0.39, 0.29) is 0 Å².